The van der Waals surface area contributed by atoms with Crippen LogP contribution in [0, 0.1) is 0 Å². The fraction of sp³-hybridized carbons (Fsp3) is 0.154. The maximum Gasteiger partial charge on any atom is 0.451 e. The summed E-state index contributed by atoms with van der Waals surface area (Å²) >= 11 is 1.45. The van der Waals surface area contributed by atoms with Crippen LogP contribution in [0.4, 0.5) is 13.2 Å². The monoisotopic (exact) mass is 296 g/mol. The molecule has 1 aliphatic rings. The standard InChI is InChI=1S/C13H7F3N2OS/c1-20-6-2-3-7-8(4-6)11(19)10-9(7)5-17-12(18-10)13(14,15)16/h2-5H,1H3. The van der Waals surface area contributed by atoms with Crippen LogP contribution >= 0.6 is 11.8 Å². The van der Waals surface area contributed by atoms with E-state index >= 15 is 0 Å². The SMILES string of the molecule is CSc1ccc2c(c1)C(=O)c1nc(C(F)(F)F)ncc1-2. The first-order valence-corrected chi connectivity index (χ1v) is 6.81. The first-order valence-electron chi connectivity index (χ1n) is 5.59. The second kappa shape index (κ2) is 4.31. The first-order chi connectivity index (χ1) is 9.41. The molecule has 0 bridgehead atoms. The maximum absolute atomic E-state index is 12.6. The summed E-state index contributed by atoms with van der Waals surface area (Å²) in [7, 11) is 0. The number of hydrogen-bond donors (Lipinski definition) is 0. The van der Waals surface area contributed by atoms with Crippen LogP contribution in [0.3, 0.4) is 0 Å². The molecule has 1 aliphatic carbocycles. The van der Waals surface area contributed by atoms with Gasteiger partial charge in [-0.05, 0) is 24.0 Å². The molecular formula is C13H7F3N2OS. The molecule has 0 spiro atoms. The minimum Gasteiger partial charge on any atom is -0.287 e. The third-order valence-electron chi connectivity index (χ3n) is 3.02. The predicted octanol–water partition coefficient (Wildman–Crippen LogP) is 3.43. The van der Waals surface area contributed by atoms with Crippen molar-refractivity contribution in [1.29, 1.82) is 0 Å². The molecule has 0 aliphatic heterocycles. The van der Waals surface area contributed by atoms with E-state index in [0.29, 0.717) is 16.7 Å². The number of fused-ring (bicyclic) bond motifs is 3. The number of ketones is 1. The van der Waals surface area contributed by atoms with Crippen molar-refractivity contribution in [2.75, 3.05) is 6.26 Å². The number of nitrogens with zero attached hydrogens (tertiary/aromatic N) is 2. The van der Waals surface area contributed by atoms with Gasteiger partial charge in [0.1, 0.15) is 5.69 Å². The lowest BCUT2D eigenvalue weighted by molar-refractivity contribution is -0.145. The highest BCUT2D eigenvalue weighted by molar-refractivity contribution is 7.98. The quantitative estimate of drug-likeness (QED) is 0.645. The molecule has 3 rings (SSSR count). The summed E-state index contributed by atoms with van der Waals surface area (Å²) in [5.74, 6) is -1.78. The molecule has 0 saturated carbocycles. The van der Waals surface area contributed by atoms with E-state index in [9.17, 15) is 18.0 Å². The van der Waals surface area contributed by atoms with Crippen molar-refractivity contribution in [2.24, 2.45) is 0 Å². The number of benzene rings is 1. The van der Waals surface area contributed by atoms with Gasteiger partial charge in [0.25, 0.3) is 0 Å². The third kappa shape index (κ3) is 1.89. The van der Waals surface area contributed by atoms with Crippen LogP contribution in [-0.4, -0.2) is 22.0 Å². The van der Waals surface area contributed by atoms with E-state index in [1.807, 2.05) is 12.3 Å². The second-order valence-electron chi connectivity index (χ2n) is 4.19. The lowest BCUT2D eigenvalue weighted by Gasteiger charge is -2.05. The van der Waals surface area contributed by atoms with E-state index in [-0.39, 0.29) is 5.69 Å². The van der Waals surface area contributed by atoms with Gasteiger partial charge in [0, 0.05) is 22.2 Å². The molecule has 102 valence electrons. The fourth-order valence-corrected chi connectivity index (χ4v) is 2.53. The van der Waals surface area contributed by atoms with E-state index in [4.69, 9.17) is 0 Å². The van der Waals surface area contributed by atoms with Crippen molar-refractivity contribution in [3.63, 3.8) is 0 Å². The molecule has 0 amide bonds. The smallest absolute Gasteiger partial charge is 0.287 e. The normalized spacial score (nSPS) is 13.3. The summed E-state index contributed by atoms with van der Waals surface area (Å²) in [5.41, 5.74) is 1.13. The molecule has 3 nitrogen and oxygen atoms in total. The molecule has 1 aromatic carbocycles. The Hall–Kier alpha value is -1.89. The van der Waals surface area contributed by atoms with Gasteiger partial charge in [-0.2, -0.15) is 13.2 Å². The summed E-state index contributed by atoms with van der Waals surface area (Å²) in [6.07, 6.45) is -1.74. The Morgan fingerprint density at radius 3 is 2.55 bits per heavy atom. The van der Waals surface area contributed by atoms with Gasteiger partial charge in [-0.25, -0.2) is 9.97 Å². The van der Waals surface area contributed by atoms with E-state index in [1.54, 1.807) is 12.1 Å². The molecule has 0 N–H and O–H groups in total. The summed E-state index contributed by atoms with van der Waals surface area (Å²) in [4.78, 5) is 19.7. The molecule has 20 heavy (non-hydrogen) atoms. The van der Waals surface area contributed by atoms with Crippen LogP contribution < -0.4 is 0 Å². The van der Waals surface area contributed by atoms with Crippen LogP contribution in [0.5, 0.6) is 0 Å². The molecule has 0 unspecified atom stereocenters. The lowest BCUT2D eigenvalue weighted by atomic mass is 10.1. The Bertz CT molecular complexity index is 728. The first kappa shape index (κ1) is 13.1. The van der Waals surface area contributed by atoms with Crippen molar-refractivity contribution in [1.82, 2.24) is 9.97 Å². The van der Waals surface area contributed by atoms with Crippen LogP contribution in [0.1, 0.15) is 21.9 Å². The molecule has 0 radical (unpaired) electrons. The molecule has 1 heterocycles. The van der Waals surface area contributed by atoms with Gasteiger partial charge in [0.15, 0.2) is 0 Å². The van der Waals surface area contributed by atoms with Crippen molar-refractivity contribution < 1.29 is 18.0 Å². The zero-order valence-electron chi connectivity index (χ0n) is 10.2. The minimum absolute atomic E-state index is 0.180. The molecule has 1 aromatic heterocycles. The van der Waals surface area contributed by atoms with Crippen molar-refractivity contribution in [3.8, 4) is 11.1 Å². The predicted molar refractivity (Wildman–Crippen MR) is 67.7 cm³/mol. The highest BCUT2D eigenvalue weighted by Gasteiger charge is 2.38. The number of alkyl halides is 3. The number of thioether (sulfide) groups is 1. The van der Waals surface area contributed by atoms with Gasteiger partial charge >= 0.3 is 6.18 Å². The van der Waals surface area contributed by atoms with E-state index in [1.165, 1.54) is 11.8 Å². The van der Waals surface area contributed by atoms with Gasteiger partial charge in [0.05, 0.1) is 0 Å². The van der Waals surface area contributed by atoms with Gasteiger partial charge in [-0.3, -0.25) is 4.79 Å². The molecule has 0 saturated heterocycles. The van der Waals surface area contributed by atoms with Crippen molar-refractivity contribution in [2.45, 2.75) is 11.1 Å². The molecule has 0 atom stereocenters. The van der Waals surface area contributed by atoms with Crippen molar-refractivity contribution in [3.05, 3.63) is 41.5 Å². The Morgan fingerprint density at radius 2 is 1.90 bits per heavy atom. The number of rotatable bonds is 1. The number of hydrogen-bond acceptors (Lipinski definition) is 4. The number of aromatic nitrogens is 2. The average Bonchev–Trinajstić information content (AvgIpc) is 2.70. The summed E-state index contributed by atoms with van der Waals surface area (Å²) in [6, 6.07) is 5.18. The van der Waals surface area contributed by atoms with Crippen LogP contribution in [0.15, 0.2) is 29.3 Å². The van der Waals surface area contributed by atoms with Crippen LogP contribution in [0.25, 0.3) is 11.1 Å². The maximum atomic E-state index is 12.6. The Labute approximate surface area is 116 Å². The van der Waals surface area contributed by atoms with Gasteiger partial charge < -0.3 is 0 Å². The minimum atomic E-state index is -4.66. The van der Waals surface area contributed by atoms with Crippen LogP contribution in [-0.2, 0) is 6.18 Å². The Kier molecular flexibility index (Phi) is 2.82. The Balaban J connectivity index is 2.18. The number of carbonyl (C=O) groups is 1. The largest absolute Gasteiger partial charge is 0.451 e. The van der Waals surface area contributed by atoms with Gasteiger partial charge in [-0.15, -0.1) is 11.8 Å². The highest BCUT2D eigenvalue weighted by Crippen LogP contribution is 2.38. The van der Waals surface area contributed by atoms with Crippen molar-refractivity contribution >= 4 is 17.5 Å². The zero-order chi connectivity index (χ0) is 14.5. The topological polar surface area (TPSA) is 42.9 Å². The highest BCUT2D eigenvalue weighted by atomic mass is 32.2. The third-order valence-corrected chi connectivity index (χ3v) is 3.74. The van der Waals surface area contributed by atoms with Crippen LogP contribution in [0.2, 0.25) is 0 Å². The summed E-state index contributed by atoms with van der Waals surface area (Å²) in [5, 5.41) is 0. The van der Waals surface area contributed by atoms with E-state index in [2.05, 4.69) is 9.97 Å². The van der Waals surface area contributed by atoms with E-state index < -0.39 is 17.8 Å². The molecule has 0 fully saturated rings. The lowest BCUT2D eigenvalue weighted by Crippen LogP contribution is -2.13. The van der Waals surface area contributed by atoms with Gasteiger partial charge in [0.2, 0.25) is 11.6 Å². The number of carbonyl (C=O) groups excluding carboxylic acids is 1. The second-order valence-corrected chi connectivity index (χ2v) is 5.07. The molecule has 7 heteroatoms. The average molecular weight is 296 g/mol. The summed E-state index contributed by atoms with van der Waals surface area (Å²) < 4.78 is 37.8. The molecular weight excluding hydrogens is 289 g/mol. The number of halogens is 3. The Morgan fingerprint density at radius 1 is 1.15 bits per heavy atom. The van der Waals surface area contributed by atoms with Gasteiger partial charge in [-0.1, -0.05) is 6.07 Å². The zero-order valence-corrected chi connectivity index (χ0v) is 11.0. The van der Waals surface area contributed by atoms with E-state index in [0.717, 1.165) is 11.1 Å². The summed E-state index contributed by atoms with van der Waals surface area (Å²) in [6.45, 7) is 0. The molecule has 2 aromatic rings. The fourth-order valence-electron chi connectivity index (χ4n) is 2.09.